The normalized spacial score (nSPS) is 17.1. The molecule has 0 spiro atoms. The lowest BCUT2D eigenvalue weighted by Gasteiger charge is -2.31. The number of methoxy groups -OCH3 is 1. The van der Waals surface area contributed by atoms with Gasteiger partial charge in [0.05, 0.1) is 24.2 Å². The Morgan fingerprint density at radius 1 is 1.14 bits per heavy atom. The Hall–Kier alpha value is -4.54. The van der Waals surface area contributed by atoms with E-state index in [9.17, 15) is 29.6 Å². The summed E-state index contributed by atoms with van der Waals surface area (Å²) in [7, 11) is 1.21. The van der Waals surface area contributed by atoms with Crippen molar-refractivity contribution in [1.29, 1.82) is 0 Å². The average molecular weight is 495 g/mol. The number of nitrogens with one attached hydrogen (secondary N) is 1. The van der Waals surface area contributed by atoms with Crippen LogP contribution in [0.4, 0.5) is 5.69 Å². The molecule has 2 aromatic carbocycles. The summed E-state index contributed by atoms with van der Waals surface area (Å²) < 4.78 is 10.3. The molecule has 0 saturated carbocycles. The van der Waals surface area contributed by atoms with Crippen LogP contribution in [0.1, 0.15) is 35.7 Å². The minimum atomic E-state index is -0.988. The standard InChI is InChI=1S/C25H25N3O8/c1-14-20(24(31)35-3)22(17-5-4-6-18(13-17)28(33)34)21(15(2)27-14)25(32)36-12-11-26-23(30)16-7-9-19(29)10-8-16/h4-10,13,20,22,29H,11-12H2,1-3H3,(H,26,30)/t20?,22-/m0/s1. The summed E-state index contributed by atoms with van der Waals surface area (Å²) in [5.74, 6) is -3.72. The second-order valence-electron chi connectivity index (χ2n) is 8.02. The SMILES string of the molecule is COC(=O)C1C(C)=NC(C)=C(C(=O)OCCNC(=O)c2ccc(O)cc2)[C@H]1c1cccc([N+](=O)[O-])c1. The van der Waals surface area contributed by atoms with Crippen LogP contribution >= 0.6 is 0 Å². The number of esters is 2. The van der Waals surface area contributed by atoms with E-state index < -0.39 is 34.6 Å². The fourth-order valence-corrected chi connectivity index (χ4v) is 4.03. The van der Waals surface area contributed by atoms with E-state index in [4.69, 9.17) is 9.47 Å². The number of hydrogen-bond acceptors (Lipinski definition) is 9. The van der Waals surface area contributed by atoms with Crippen molar-refractivity contribution in [2.45, 2.75) is 19.8 Å². The zero-order valence-corrected chi connectivity index (χ0v) is 19.9. The molecule has 3 rings (SSSR count). The minimum Gasteiger partial charge on any atom is -0.508 e. The number of allylic oxidation sites excluding steroid dienone is 1. The predicted octanol–water partition coefficient (Wildman–Crippen LogP) is 2.89. The van der Waals surface area contributed by atoms with Gasteiger partial charge in [0.25, 0.3) is 11.6 Å². The number of carbonyl (C=O) groups excluding carboxylic acids is 3. The predicted molar refractivity (Wildman–Crippen MR) is 129 cm³/mol. The van der Waals surface area contributed by atoms with Crippen LogP contribution in [0.25, 0.3) is 0 Å². The first-order valence-corrected chi connectivity index (χ1v) is 11.0. The van der Waals surface area contributed by atoms with Crippen LogP contribution in [-0.2, 0) is 19.1 Å². The van der Waals surface area contributed by atoms with Gasteiger partial charge in [-0.2, -0.15) is 0 Å². The van der Waals surface area contributed by atoms with E-state index in [-0.39, 0.29) is 30.2 Å². The molecular formula is C25H25N3O8. The van der Waals surface area contributed by atoms with E-state index >= 15 is 0 Å². The Morgan fingerprint density at radius 3 is 2.47 bits per heavy atom. The fourth-order valence-electron chi connectivity index (χ4n) is 4.03. The minimum absolute atomic E-state index is 0.00196. The largest absolute Gasteiger partial charge is 0.508 e. The Balaban J connectivity index is 1.81. The highest BCUT2D eigenvalue weighted by molar-refractivity contribution is 6.07. The number of phenolic OH excluding ortho intramolecular Hbond substituents is 1. The van der Waals surface area contributed by atoms with E-state index in [0.29, 0.717) is 22.5 Å². The number of nitrogens with zero attached hydrogens (tertiary/aromatic N) is 2. The van der Waals surface area contributed by atoms with Crippen LogP contribution in [0.5, 0.6) is 5.75 Å². The van der Waals surface area contributed by atoms with Crippen molar-refractivity contribution in [3.63, 3.8) is 0 Å². The molecule has 2 aromatic rings. The third-order valence-electron chi connectivity index (χ3n) is 5.69. The van der Waals surface area contributed by atoms with Crippen LogP contribution in [0.3, 0.4) is 0 Å². The molecule has 1 aliphatic heterocycles. The summed E-state index contributed by atoms with van der Waals surface area (Å²) in [6.45, 7) is 3.04. The molecule has 0 aliphatic carbocycles. The fraction of sp³-hybridized carbons (Fsp3) is 0.280. The third-order valence-corrected chi connectivity index (χ3v) is 5.69. The first-order chi connectivity index (χ1) is 17.1. The molecule has 0 fully saturated rings. The number of amides is 1. The molecule has 11 heteroatoms. The number of benzene rings is 2. The number of rotatable bonds is 8. The molecule has 0 aromatic heterocycles. The zero-order chi connectivity index (χ0) is 26.4. The van der Waals surface area contributed by atoms with Crippen molar-refractivity contribution in [3.8, 4) is 5.75 Å². The van der Waals surface area contributed by atoms with Gasteiger partial charge < -0.3 is 19.9 Å². The Kier molecular flexibility index (Phi) is 8.15. The lowest BCUT2D eigenvalue weighted by molar-refractivity contribution is -0.384. The molecule has 1 unspecified atom stereocenters. The molecule has 188 valence electrons. The summed E-state index contributed by atoms with van der Waals surface area (Å²) in [5, 5.41) is 23.3. The number of nitro benzene ring substituents is 1. The van der Waals surface area contributed by atoms with Crippen LogP contribution in [0.15, 0.2) is 64.8 Å². The van der Waals surface area contributed by atoms with Gasteiger partial charge in [-0.05, 0) is 43.7 Å². The highest BCUT2D eigenvalue weighted by atomic mass is 16.6. The van der Waals surface area contributed by atoms with Crippen molar-refractivity contribution in [3.05, 3.63) is 81.0 Å². The number of non-ortho nitro benzene ring substituents is 1. The molecule has 11 nitrogen and oxygen atoms in total. The van der Waals surface area contributed by atoms with Crippen molar-refractivity contribution < 1.29 is 33.9 Å². The van der Waals surface area contributed by atoms with Gasteiger partial charge >= 0.3 is 11.9 Å². The van der Waals surface area contributed by atoms with Gasteiger partial charge in [0, 0.05) is 35.0 Å². The van der Waals surface area contributed by atoms with Gasteiger partial charge in [0.2, 0.25) is 0 Å². The van der Waals surface area contributed by atoms with E-state index in [1.807, 2.05) is 0 Å². The van der Waals surface area contributed by atoms with Gasteiger partial charge in [-0.15, -0.1) is 0 Å². The lowest BCUT2D eigenvalue weighted by atomic mass is 9.75. The molecule has 2 atom stereocenters. The smallest absolute Gasteiger partial charge is 0.336 e. The molecule has 0 saturated heterocycles. The summed E-state index contributed by atoms with van der Waals surface area (Å²) in [6, 6.07) is 11.3. The molecular weight excluding hydrogens is 470 g/mol. The second kappa shape index (κ2) is 11.3. The molecule has 36 heavy (non-hydrogen) atoms. The number of carbonyl (C=O) groups is 3. The first kappa shape index (κ1) is 26.1. The van der Waals surface area contributed by atoms with E-state index in [1.54, 1.807) is 19.9 Å². The van der Waals surface area contributed by atoms with Crippen molar-refractivity contribution >= 4 is 29.2 Å². The maximum absolute atomic E-state index is 13.2. The van der Waals surface area contributed by atoms with Crippen LogP contribution in [0.2, 0.25) is 0 Å². The highest BCUT2D eigenvalue weighted by Crippen LogP contribution is 2.40. The number of hydrogen-bond donors (Lipinski definition) is 2. The second-order valence-corrected chi connectivity index (χ2v) is 8.02. The summed E-state index contributed by atoms with van der Waals surface area (Å²) in [6.07, 6.45) is 0. The van der Waals surface area contributed by atoms with Crippen LogP contribution in [0, 0.1) is 16.0 Å². The van der Waals surface area contributed by atoms with E-state index in [1.165, 1.54) is 49.6 Å². The molecule has 1 amide bonds. The number of aromatic hydroxyl groups is 1. The molecule has 0 radical (unpaired) electrons. The number of nitro groups is 1. The number of phenols is 1. The Morgan fingerprint density at radius 2 is 1.83 bits per heavy atom. The number of ether oxygens (including phenoxy) is 2. The van der Waals surface area contributed by atoms with Gasteiger partial charge in [0.15, 0.2) is 0 Å². The van der Waals surface area contributed by atoms with Gasteiger partial charge in [-0.3, -0.25) is 24.7 Å². The molecule has 1 aliphatic rings. The quantitative estimate of drug-likeness (QED) is 0.245. The maximum Gasteiger partial charge on any atom is 0.336 e. The van der Waals surface area contributed by atoms with Crippen molar-refractivity contribution in [2.75, 3.05) is 20.3 Å². The number of aliphatic imine (C=N–C) groups is 1. The van der Waals surface area contributed by atoms with Gasteiger partial charge in [0.1, 0.15) is 18.3 Å². The zero-order valence-electron chi connectivity index (χ0n) is 19.9. The van der Waals surface area contributed by atoms with E-state index in [2.05, 4.69) is 10.3 Å². The highest BCUT2D eigenvalue weighted by Gasteiger charge is 2.42. The van der Waals surface area contributed by atoms with Crippen LogP contribution in [-0.4, -0.2) is 53.8 Å². The van der Waals surface area contributed by atoms with Crippen molar-refractivity contribution in [2.24, 2.45) is 10.9 Å². The Labute approximate surface area is 206 Å². The average Bonchev–Trinajstić information content (AvgIpc) is 2.85. The molecule has 1 heterocycles. The first-order valence-electron chi connectivity index (χ1n) is 11.0. The monoisotopic (exact) mass is 495 g/mol. The van der Waals surface area contributed by atoms with E-state index in [0.717, 1.165) is 0 Å². The third kappa shape index (κ3) is 5.74. The molecule has 0 bridgehead atoms. The lowest BCUT2D eigenvalue weighted by Crippen LogP contribution is -2.36. The van der Waals surface area contributed by atoms with Gasteiger partial charge in [-0.25, -0.2) is 4.79 Å². The summed E-state index contributed by atoms with van der Waals surface area (Å²) in [4.78, 5) is 53.1. The topological polar surface area (TPSA) is 157 Å². The summed E-state index contributed by atoms with van der Waals surface area (Å²) >= 11 is 0. The van der Waals surface area contributed by atoms with Crippen molar-refractivity contribution in [1.82, 2.24) is 5.32 Å². The summed E-state index contributed by atoms with van der Waals surface area (Å²) in [5.41, 5.74) is 1.26. The van der Waals surface area contributed by atoms with Gasteiger partial charge in [-0.1, -0.05) is 12.1 Å². The maximum atomic E-state index is 13.2. The van der Waals surface area contributed by atoms with Crippen LogP contribution < -0.4 is 5.32 Å². The molecule has 2 N–H and O–H groups in total. The Bertz CT molecular complexity index is 1250.